The van der Waals surface area contributed by atoms with Crippen LogP contribution in [0.5, 0.6) is 0 Å². The SMILES string of the molecule is O=C1OCCN1c1cc(F)c(N2CCC(c3nn[nH]n3)CC2)c(F)c1. The number of tetrazole rings is 1. The number of rotatable bonds is 3. The number of hydrogen-bond donors (Lipinski definition) is 1. The number of ether oxygens (including phenoxy) is 1. The van der Waals surface area contributed by atoms with Gasteiger partial charge in [0, 0.05) is 31.1 Å². The predicted octanol–water partition coefficient (Wildman–Crippen LogP) is 1.82. The van der Waals surface area contributed by atoms with Crippen LogP contribution in [0.3, 0.4) is 0 Å². The molecule has 10 heteroatoms. The molecule has 3 heterocycles. The van der Waals surface area contributed by atoms with Crippen LogP contribution in [-0.4, -0.2) is 53.0 Å². The number of aromatic amines is 1. The zero-order valence-corrected chi connectivity index (χ0v) is 13.3. The fourth-order valence-electron chi connectivity index (χ4n) is 3.34. The Kier molecular flexibility index (Phi) is 3.94. The van der Waals surface area contributed by atoms with Gasteiger partial charge in [-0.15, -0.1) is 10.2 Å². The minimum absolute atomic E-state index is 0.0668. The molecule has 132 valence electrons. The van der Waals surface area contributed by atoms with E-state index in [-0.39, 0.29) is 30.4 Å². The summed E-state index contributed by atoms with van der Waals surface area (Å²) in [6.07, 6.45) is 0.768. The third-order valence-corrected chi connectivity index (χ3v) is 4.61. The molecule has 8 nitrogen and oxygen atoms in total. The number of piperidine rings is 1. The topological polar surface area (TPSA) is 87.2 Å². The summed E-state index contributed by atoms with van der Waals surface area (Å²) in [5, 5.41) is 13.9. The zero-order chi connectivity index (χ0) is 17.4. The molecular formula is C15H16F2N6O2. The number of carbonyl (C=O) groups is 1. The van der Waals surface area contributed by atoms with Crippen molar-refractivity contribution in [3.63, 3.8) is 0 Å². The van der Waals surface area contributed by atoms with E-state index in [9.17, 15) is 13.6 Å². The number of cyclic esters (lactones) is 1. The highest BCUT2D eigenvalue weighted by molar-refractivity contribution is 5.89. The van der Waals surface area contributed by atoms with E-state index in [0.29, 0.717) is 31.8 Å². The van der Waals surface area contributed by atoms with Crippen LogP contribution in [0.2, 0.25) is 0 Å². The molecule has 1 aromatic heterocycles. The molecule has 0 saturated carbocycles. The van der Waals surface area contributed by atoms with Crippen molar-refractivity contribution in [3.8, 4) is 0 Å². The Balaban J connectivity index is 1.52. The van der Waals surface area contributed by atoms with E-state index in [1.54, 1.807) is 4.90 Å². The number of aromatic nitrogens is 4. The van der Waals surface area contributed by atoms with Crippen LogP contribution in [0.25, 0.3) is 0 Å². The monoisotopic (exact) mass is 350 g/mol. The molecule has 2 aromatic rings. The summed E-state index contributed by atoms with van der Waals surface area (Å²) in [6, 6.07) is 2.35. The van der Waals surface area contributed by atoms with Gasteiger partial charge in [0.1, 0.15) is 12.3 Å². The smallest absolute Gasteiger partial charge is 0.414 e. The van der Waals surface area contributed by atoms with Gasteiger partial charge in [0.05, 0.1) is 12.2 Å². The molecule has 0 unspecified atom stereocenters. The Morgan fingerprint density at radius 1 is 1.16 bits per heavy atom. The number of hydrogen-bond acceptors (Lipinski definition) is 6. The van der Waals surface area contributed by atoms with Crippen molar-refractivity contribution in [3.05, 3.63) is 29.6 Å². The molecule has 1 amide bonds. The number of carbonyl (C=O) groups excluding carboxylic acids is 1. The van der Waals surface area contributed by atoms with Crippen molar-refractivity contribution >= 4 is 17.5 Å². The second-order valence-corrected chi connectivity index (χ2v) is 6.06. The number of anilines is 2. The number of halogens is 2. The van der Waals surface area contributed by atoms with Crippen LogP contribution in [0.1, 0.15) is 24.6 Å². The first kappa shape index (κ1) is 15.7. The molecule has 0 radical (unpaired) electrons. The third kappa shape index (κ3) is 2.87. The summed E-state index contributed by atoms with van der Waals surface area (Å²) in [5.41, 5.74) is 0.103. The molecule has 2 aliphatic heterocycles. The van der Waals surface area contributed by atoms with Crippen LogP contribution >= 0.6 is 0 Å². The van der Waals surface area contributed by atoms with E-state index < -0.39 is 17.7 Å². The molecule has 0 bridgehead atoms. The van der Waals surface area contributed by atoms with Gasteiger partial charge in [0.25, 0.3) is 0 Å². The first-order valence-corrected chi connectivity index (χ1v) is 8.05. The van der Waals surface area contributed by atoms with Gasteiger partial charge < -0.3 is 9.64 Å². The summed E-state index contributed by atoms with van der Waals surface area (Å²) >= 11 is 0. The lowest BCUT2D eigenvalue weighted by atomic mass is 9.95. The highest BCUT2D eigenvalue weighted by Gasteiger charge is 2.29. The van der Waals surface area contributed by atoms with Crippen molar-refractivity contribution in [2.75, 3.05) is 36.0 Å². The van der Waals surface area contributed by atoms with Crippen molar-refractivity contribution in [1.82, 2.24) is 20.6 Å². The van der Waals surface area contributed by atoms with Gasteiger partial charge in [0.15, 0.2) is 17.5 Å². The highest BCUT2D eigenvalue weighted by Crippen LogP contribution is 2.34. The Morgan fingerprint density at radius 2 is 1.88 bits per heavy atom. The number of benzene rings is 1. The molecule has 1 N–H and O–H groups in total. The Labute approximate surface area is 141 Å². The second kappa shape index (κ2) is 6.26. The maximum atomic E-state index is 14.5. The van der Waals surface area contributed by atoms with Gasteiger partial charge in [-0.2, -0.15) is 5.21 Å². The van der Waals surface area contributed by atoms with E-state index in [2.05, 4.69) is 20.6 Å². The fraction of sp³-hybridized carbons (Fsp3) is 0.467. The van der Waals surface area contributed by atoms with Gasteiger partial charge in [-0.25, -0.2) is 13.6 Å². The molecule has 25 heavy (non-hydrogen) atoms. The molecule has 2 aliphatic rings. The van der Waals surface area contributed by atoms with Crippen molar-refractivity contribution in [1.29, 1.82) is 0 Å². The van der Waals surface area contributed by atoms with E-state index in [1.807, 2.05) is 0 Å². The number of amides is 1. The molecule has 0 aliphatic carbocycles. The lowest BCUT2D eigenvalue weighted by molar-refractivity contribution is 0.181. The summed E-state index contributed by atoms with van der Waals surface area (Å²) < 4.78 is 33.9. The van der Waals surface area contributed by atoms with Crippen LogP contribution in [0.4, 0.5) is 25.0 Å². The van der Waals surface area contributed by atoms with Crippen LogP contribution in [0.15, 0.2) is 12.1 Å². The average molecular weight is 350 g/mol. The van der Waals surface area contributed by atoms with Crippen molar-refractivity contribution in [2.45, 2.75) is 18.8 Å². The van der Waals surface area contributed by atoms with Gasteiger partial charge in [-0.3, -0.25) is 4.90 Å². The summed E-state index contributed by atoms with van der Waals surface area (Å²) in [4.78, 5) is 14.5. The second-order valence-electron chi connectivity index (χ2n) is 6.06. The minimum atomic E-state index is -0.687. The average Bonchev–Trinajstić information content (AvgIpc) is 3.26. The summed E-state index contributed by atoms with van der Waals surface area (Å²) in [7, 11) is 0. The Morgan fingerprint density at radius 3 is 2.44 bits per heavy atom. The first-order chi connectivity index (χ1) is 12.1. The number of nitrogens with one attached hydrogen (secondary N) is 1. The predicted molar refractivity (Wildman–Crippen MR) is 83.4 cm³/mol. The van der Waals surface area contributed by atoms with Crippen LogP contribution in [-0.2, 0) is 4.74 Å². The highest BCUT2D eigenvalue weighted by atomic mass is 19.1. The van der Waals surface area contributed by atoms with E-state index in [4.69, 9.17) is 4.74 Å². The minimum Gasteiger partial charge on any atom is -0.447 e. The van der Waals surface area contributed by atoms with E-state index in [1.165, 1.54) is 17.0 Å². The molecule has 2 saturated heterocycles. The standard InChI is InChI=1S/C15H16F2N6O2/c16-11-7-10(23-5-6-25-15(23)24)8-12(17)13(11)22-3-1-9(2-4-22)14-18-20-21-19-14/h7-9H,1-6H2,(H,18,19,20,21). The zero-order valence-electron chi connectivity index (χ0n) is 13.3. The summed E-state index contributed by atoms with van der Waals surface area (Å²) in [5.74, 6) is -0.622. The normalized spacial score (nSPS) is 18.7. The lowest BCUT2D eigenvalue weighted by Gasteiger charge is -2.33. The van der Waals surface area contributed by atoms with Gasteiger partial charge in [-0.1, -0.05) is 5.21 Å². The lowest BCUT2D eigenvalue weighted by Crippen LogP contribution is -2.34. The Bertz CT molecular complexity index is 753. The van der Waals surface area contributed by atoms with Gasteiger partial charge >= 0.3 is 6.09 Å². The molecule has 0 atom stereocenters. The maximum Gasteiger partial charge on any atom is 0.414 e. The van der Waals surface area contributed by atoms with Gasteiger partial charge in [0.2, 0.25) is 0 Å². The molecule has 1 aromatic carbocycles. The molecule has 2 fully saturated rings. The first-order valence-electron chi connectivity index (χ1n) is 8.05. The number of nitrogens with zero attached hydrogens (tertiary/aromatic N) is 5. The molecule has 4 rings (SSSR count). The maximum absolute atomic E-state index is 14.5. The van der Waals surface area contributed by atoms with Crippen LogP contribution in [0, 0.1) is 11.6 Å². The number of H-pyrrole nitrogens is 1. The largest absolute Gasteiger partial charge is 0.447 e. The summed E-state index contributed by atoms with van der Waals surface area (Å²) in [6.45, 7) is 1.47. The third-order valence-electron chi connectivity index (χ3n) is 4.61. The Hall–Kier alpha value is -2.78. The molecule has 0 spiro atoms. The fourth-order valence-corrected chi connectivity index (χ4v) is 3.34. The van der Waals surface area contributed by atoms with Crippen LogP contribution < -0.4 is 9.80 Å². The van der Waals surface area contributed by atoms with Crippen molar-refractivity contribution < 1.29 is 18.3 Å². The quantitative estimate of drug-likeness (QED) is 0.909. The van der Waals surface area contributed by atoms with Gasteiger partial charge in [-0.05, 0) is 12.8 Å². The van der Waals surface area contributed by atoms with E-state index >= 15 is 0 Å². The van der Waals surface area contributed by atoms with Crippen molar-refractivity contribution in [2.24, 2.45) is 0 Å². The molecular weight excluding hydrogens is 334 g/mol. The van der Waals surface area contributed by atoms with E-state index in [0.717, 1.165) is 0 Å².